The van der Waals surface area contributed by atoms with E-state index in [1.807, 2.05) is 35.7 Å². The fraction of sp³-hybridized carbons (Fsp3) is 0.200. The van der Waals surface area contributed by atoms with Crippen LogP contribution in [0.25, 0.3) is 10.6 Å². The Hall–Kier alpha value is -2.17. The van der Waals surface area contributed by atoms with Gasteiger partial charge in [-0.3, -0.25) is 4.79 Å². The number of rotatable bonds is 4. The van der Waals surface area contributed by atoms with Crippen molar-refractivity contribution < 1.29 is 4.79 Å². The lowest BCUT2D eigenvalue weighted by Gasteiger charge is -2.06. The molecule has 126 valence electrons. The molecule has 0 fully saturated rings. The Labute approximate surface area is 155 Å². The molecule has 0 spiro atoms. The number of aryl methyl sites for hydroxylation is 2. The first-order chi connectivity index (χ1) is 12.2. The largest absolute Gasteiger partial charge is 0.326 e. The number of anilines is 1. The maximum Gasteiger partial charge on any atom is 0.230 e. The summed E-state index contributed by atoms with van der Waals surface area (Å²) in [5.74, 6) is -0.0408. The summed E-state index contributed by atoms with van der Waals surface area (Å²) in [6.45, 7) is 0. The van der Waals surface area contributed by atoms with Crippen molar-refractivity contribution in [2.75, 3.05) is 5.32 Å². The van der Waals surface area contributed by atoms with Crippen LogP contribution in [0.15, 0.2) is 47.8 Å². The molecule has 1 amide bonds. The highest BCUT2D eigenvalue weighted by molar-refractivity contribution is 7.13. The molecule has 0 unspecified atom stereocenters. The van der Waals surface area contributed by atoms with Gasteiger partial charge in [0.25, 0.3) is 0 Å². The lowest BCUT2D eigenvalue weighted by Crippen LogP contribution is -2.14. The second kappa shape index (κ2) is 6.98. The first-order valence-corrected chi connectivity index (χ1v) is 9.55. The molecule has 3 aromatic rings. The SMILES string of the molecule is O=C(Cc1csc(-c2cccc(Cl)c2)n1)Nc1ccc2c(c1)CCC2. The quantitative estimate of drug-likeness (QED) is 0.693. The van der Waals surface area contributed by atoms with Gasteiger partial charge in [0.2, 0.25) is 5.91 Å². The summed E-state index contributed by atoms with van der Waals surface area (Å²) in [4.78, 5) is 16.9. The molecule has 0 bridgehead atoms. The van der Waals surface area contributed by atoms with Crippen molar-refractivity contribution in [3.8, 4) is 10.6 Å². The summed E-state index contributed by atoms with van der Waals surface area (Å²) in [5, 5.41) is 6.47. The van der Waals surface area contributed by atoms with E-state index in [4.69, 9.17) is 11.6 Å². The maximum absolute atomic E-state index is 12.3. The zero-order chi connectivity index (χ0) is 17.2. The number of nitrogens with one attached hydrogen (secondary N) is 1. The number of hydrogen-bond acceptors (Lipinski definition) is 3. The molecule has 2 aromatic carbocycles. The molecule has 5 heteroatoms. The molecule has 4 rings (SSSR count). The number of aromatic nitrogens is 1. The summed E-state index contributed by atoms with van der Waals surface area (Å²) in [6.07, 6.45) is 3.73. The van der Waals surface area contributed by atoms with Gasteiger partial charge < -0.3 is 5.32 Å². The number of nitrogens with zero attached hydrogens (tertiary/aromatic N) is 1. The number of carbonyl (C=O) groups is 1. The van der Waals surface area contributed by atoms with Gasteiger partial charge in [0, 0.05) is 21.7 Å². The van der Waals surface area contributed by atoms with E-state index in [1.165, 1.54) is 28.9 Å². The third kappa shape index (κ3) is 3.75. The van der Waals surface area contributed by atoms with E-state index in [1.54, 1.807) is 0 Å². The summed E-state index contributed by atoms with van der Waals surface area (Å²) < 4.78 is 0. The van der Waals surface area contributed by atoms with E-state index in [-0.39, 0.29) is 12.3 Å². The minimum absolute atomic E-state index is 0.0408. The van der Waals surface area contributed by atoms with Gasteiger partial charge in [0.1, 0.15) is 5.01 Å². The van der Waals surface area contributed by atoms with E-state index < -0.39 is 0 Å². The van der Waals surface area contributed by atoms with Crippen LogP contribution in [0.1, 0.15) is 23.2 Å². The van der Waals surface area contributed by atoms with Gasteiger partial charge >= 0.3 is 0 Å². The normalized spacial score (nSPS) is 12.8. The van der Waals surface area contributed by atoms with Gasteiger partial charge in [-0.25, -0.2) is 4.98 Å². The summed E-state index contributed by atoms with van der Waals surface area (Å²) in [6, 6.07) is 13.8. The van der Waals surface area contributed by atoms with Crippen LogP contribution in [0.2, 0.25) is 5.02 Å². The number of amides is 1. The number of fused-ring (bicyclic) bond motifs is 1. The van der Waals surface area contributed by atoms with Crippen LogP contribution in [0, 0.1) is 0 Å². The zero-order valence-electron chi connectivity index (χ0n) is 13.6. The molecular weight excluding hydrogens is 352 g/mol. The lowest BCUT2D eigenvalue weighted by molar-refractivity contribution is -0.115. The van der Waals surface area contributed by atoms with Gasteiger partial charge in [0.15, 0.2) is 0 Å². The predicted octanol–water partition coefficient (Wildman–Crippen LogP) is 5.13. The fourth-order valence-electron chi connectivity index (χ4n) is 3.16. The standard InChI is InChI=1S/C20H17ClN2OS/c21-16-6-2-5-15(9-16)20-23-18(12-25-20)11-19(24)22-17-8-7-13-3-1-4-14(13)10-17/h2,5-10,12H,1,3-4,11H2,(H,22,24). The lowest BCUT2D eigenvalue weighted by atomic mass is 10.1. The van der Waals surface area contributed by atoms with Gasteiger partial charge in [-0.2, -0.15) is 0 Å². The molecule has 0 aliphatic heterocycles. The van der Waals surface area contributed by atoms with Crippen LogP contribution in [0.4, 0.5) is 5.69 Å². The van der Waals surface area contributed by atoms with Crippen molar-refractivity contribution in [1.29, 1.82) is 0 Å². The number of halogens is 1. The molecule has 0 saturated heterocycles. The first kappa shape index (κ1) is 16.3. The Kier molecular flexibility index (Phi) is 4.55. The van der Waals surface area contributed by atoms with E-state index in [0.29, 0.717) is 5.02 Å². The zero-order valence-corrected chi connectivity index (χ0v) is 15.2. The van der Waals surface area contributed by atoms with E-state index in [9.17, 15) is 4.79 Å². The topological polar surface area (TPSA) is 42.0 Å². The monoisotopic (exact) mass is 368 g/mol. The highest BCUT2D eigenvalue weighted by Crippen LogP contribution is 2.27. The summed E-state index contributed by atoms with van der Waals surface area (Å²) in [5.41, 5.74) is 5.38. The second-order valence-corrected chi connectivity index (χ2v) is 7.51. The molecule has 0 radical (unpaired) electrons. The van der Waals surface area contributed by atoms with Crippen molar-refractivity contribution in [2.45, 2.75) is 25.7 Å². The van der Waals surface area contributed by atoms with Gasteiger partial charge in [-0.15, -0.1) is 11.3 Å². The van der Waals surface area contributed by atoms with Crippen LogP contribution in [-0.4, -0.2) is 10.9 Å². The number of carbonyl (C=O) groups excluding carboxylic acids is 1. The van der Waals surface area contributed by atoms with Crippen molar-refractivity contribution in [3.05, 3.63) is 69.7 Å². The Morgan fingerprint density at radius 2 is 2.04 bits per heavy atom. The van der Waals surface area contributed by atoms with E-state index >= 15 is 0 Å². The summed E-state index contributed by atoms with van der Waals surface area (Å²) in [7, 11) is 0. The molecule has 3 nitrogen and oxygen atoms in total. The number of benzene rings is 2. The Bertz CT molecular complexity index is 935. The third-order valence-corrected chi connectivity index (χ3v) is 5.52. The van der Waals surface area contributed by atoms with Crippen molar-refractivity contribution in [1.82, 2.24) is 4.98 Å². The molecule has 0 saturated carbocycles. The smallest absolute Gasteiger partial charge is 0.230 e. The molecule has 1 N–H and O–H groups in total. The molecular formula is C20H17ClN2OS. The van der Waals surface area contributed by atoms with Crippen molar-refractivity contribution in [2.24, 2.45) is 0 Å². The molecule has 1 aromatic heterocycles. The Morgan fingerprint density at radius 1 is 1.16 bits per heavy atom. The average molecular weight is 369 g/mol. The van der Waals surface area contributed by atoms with Crippen molar-refractivity contribution in [3.63, 3.8) is 0 Å². The Morgan fingerprint density at radius 3 is 2.92 bits per heavy atom. The summed E-state index contributed by atoms with van der Waals surface area (Å²) >= 11 is 7.56. The minimum Gasteiger partial charge on any atom is -0.326 e. The van der Waals surface area contributed by atoms with Crippen LogP contribution in [0.3, 0.4) is 0 Å². The minimum atomic E-state index is -0.0408. The van der Waals surface area contributed by atoms with E-state index in [2.05, 4.69) is 22.4 Å². The third-order valence-electron chi connectivity index (χ3n) is 4.35. The molecule has 0 atom stereocenters. The maximum atomic E-state index is 12.3. The van der Waals surface area contributed by atoms with Crippen LogP contribution in [0.5, 0.6) is 0 Å². The molecule has 25 heavy (non-hydrogen) atoms. The fourth-order valence-corrected chi connectivity index (χ4v) is 4.17. The second-order valence-electron chi connectivity index (χ2n) is 6.22. The van der Waals surface area contributed by atoms with Gasteiger partial charge in [0.05, 0.1) is 12.1 Å². The van der Waals surface area contributed by atoms with Crippen LogP contribution >= 0.6 is 22.9 Å². The molecule has 1 heterocycles. The highest BCUT2D eigenvalue weighted by Gasteiger charge is 2.13. The predicted molar refractivity (Wildman–Crippen MR) is 103 cm³/mol. The molecule has 1 aliphatic rings. The van der Waals surface area contributed by atoms with Crippen molar-refractivity contribution >= 4 is 34.5 Å². The number of thiazole rings is 1. The van der Waals surface area contributed by atoms with Crippen LogP contribution in [-0.2, 0) is 24.1 Å². The molecule has 1 aliphatic carbocycles. The highest BCUT2D eigenvalue weighted by atomic mass is 35.5. The van der Waals surface area contributed by atoms with Gasteiger partial charge in [-0.05, 0) is 54.7 Å². The Balaban J connectivity index is 1.43. The van der Waals surface area contributed by atoms with Gasteiger partial charge in [-0.1, -0.05) is 29.8 Å². The number of hydrogen-bond donors (Lipinski definition) is 1. The average Bonchev–Trinajstić information content (AvgIpc) is 3.23. The first-order valence-electron chi connectivity index (χ1n) is 8.29. The van der Waals surface area contributed by atoms with Crippen LogP contribution < -0.4 is 5.32 Å². The van der Waals surface area contributed by atoms with E-state index in [0.717, 1.165) is 34.8 Å².